The summed E-state index contributed by atoms with van der Waals surface area (Å²) in [5, 5.41) is 18.8. The van der Waals surface area contributed by atoms with Gasteiger partial charge in [0.15, 0.2) is 0 Å². The molecule has 0 aliphatic carbocycles. The third-order valence-corrected chi connectivity index (χ3v) is 3.99. The number of carboxylic acid groups (broad SMARTS) is 1. The number of hydrogen-bond acceptors (Lipinski definition) is 3. The van der Waals surface area contributed by atoms with E-state index >= 15 is 0 Å². The third kappa shape index (κ3) is 3.32. The first-order valence-electron chi connectivity index (χ1n) is 7.60. The zero-order valence-electron chi connectivity index (χ0n) is 13.5. The van der Waals surface area contributed by atoms with Gasteiger partial charge in [0.05, 0.1) is 5.69 Å². The van der Waals surface area contributed by atoms with E-state index in [4.69, 9.17) is 5.11 Å². The molecule has 3 amide bonds. The zero-order chi connectivity index (χ0) is 17.3. The van der Waals surface area contributed by atoms with E-state index in [-0.39, 0.29) is 6.03 Å². The Hall–Kier alpha value is -3.03. The van der Waals surface area contributed by atoms with Gasteiger partial charge < -0.3 is 15.3 Å². The molecule has 8 heteroatoms. The summed E-state index contributed by atoms with van der Waals surface area (Å²) in [5.74, 6) is 0.611. The highest BCUT2D eigenvalue weighted by Crippen LogP contribution is 2.23. The van der Waals surface area contributed by atoms with Crippen LogP contribution in [0.15, 0.2) is 24.3 Å². The van der Waals surface area contributed by atoms with Crippen LogP contribution in [0.4, 0.5) is 21.1 Å². The number of fused-ring (bicyclic) bond motifs is 1. The molecular formula is C16H19N5O3. The van der Waals surface area contributed by atoms with Gasteiger partial charge in [0.2, 0.25) is 0 Å². The molecule has 0 fully saturated rings. The molecule has 1 aromatic heterocycles. The number of anilines is 2. The quantitative estimate of drug-likeness (QED) is 0.788. The SMILES string of the molecule is Cc1cc(NC(=O)Nc2ccc3c(c2)CCN(C(=O)O)C3)n(C)n1. The Kier molecular flexibility index (Phi) is 4.11. The molecule has 8 nitrogen and oxygen atoms in total. The topological polar surface area (TPSA) is 99.5 Å². The van der Waals surface area contributed by atoms with Crippen molar-refractivity contribution in [2.45, 2.75) is 19.9 Å². The largest absolute Gasteiger partial charge is 0.465 e. The summed E-state index contributed by atoms with van der Waals surface area (Å²) < 4.78 is 1.60. The number of carbonyl (C=O) groups is 2. The lowest BCUT2D eigenvalue weighted by atomic mass is 9.99. The number of hydrogen-bond donors (Lipinski definition) is 3. The van der Waals surface area contributed by atoms with Gasteiger partial charge in [-0.05, 0) is 36.6 Å². The van der Waals surface area contributed by atoms with Crippen LogP contribution in [0.2, 0.25) is 0 Å². The van der Waals surface area contributed by atoms with Crippen molar-refractivity contribution in [1.82, 2.24) is 14.7 Å². The number of urea groups is 1. The van der Waals surface area contributed by atoms with Crippen molar-refractivity contribution in [3.63, 3.8) is 0 Å². The minimum atomic E-state index is -0.909. The van der Waals surface area contributed by atoms with E-state index in [1.807, 2.05) is 19.1 Å². The molecule has 1 aliphatic rings. The molecular weight excluding hydrogens is 310 g/mol. The summed E-state index contributed by atoms with van der Waals surface area (Å²) in [6, 6.07) is 6.96. The molecule has 1 aromatic carbocycles. The van der Waals surface area contributed by atoms with E-state index in [0.717, 1.165) is 16.8 Å². The summed E-state index contributed by atoms with van der Waals surface area (Å²) in [6.45, 7) is 2.70. The van der Waals surface area contributed by atoms with Gasteiger partial charge in [-0.15, -0.1) is 0 Å². The van der Waals surface area contributed by atoms with E-state index in [1.54, 1.807) is 23.9 Å². The summed E-state index contributed by atoms with van der Waals surface area (Å²) >= 11 is 0. The van der Waals surface area contributed by atoms with Crippen molar-refractivity contribution in [2.75, 3.05) is 17.2 Å². The van der Waals surface area contributed by atoms with Crippen LogP contribution in [-0.4, -0.2) is 38.5 Å². The van der Waals surface area contributed by atoms with E-state index < -0.39 is 6.09 Å². The molecule has 1 aliphatic heterocycles. The normalized spacial score (nSPS) is 13.3. The maximum absolute atomic E-state index is 12.1. The molecule has 0 radical (unpaired) electrons. The van der Waals surface area contributed by atoms with Crippen LogP contribution >= 0.6 is 0 Å². The van der Waals surface area contributed by atoms with Crippen LogP contribution in [0.25, 0.3) is 0 Å². The number of nitrogens with zero attached hydrogens (tertiary/aromatic N) is 3. The highest BCUT2D eigenvalue weighted by atomic mass is 16.4. The van der Waals surface area contributed by atoms with Crippen molar-refractivity contribution in [3.05, 3.63) is 41.1 Å². The zero-order valence-corrected chi connectivity index (χ0v) is 13.5. The number of rotatable bonds is 2. The maximum atomic E-state index is 12.1. The number of amides is 3. The highest BCUT2D eigenvalue weighted by molar-refractivity contribution is 5.99. The molecule has 2 heterocycles. The lowest BCUT2D eigenvalue weighted by molar-refractivity contribution is 0.140. The molecule has 2 aromatic rings. The molecule has 3 N–H and O–H groups in total. The van der Waals surface area contributed by atoms with Crippen molar-refractivity contribution in [2.24, 2.45) is 7.05 Å². The molecule has 3 rings (SSSR count). The Morgan fingerprint density at radius 3 is 2.67 bits per heavy atom. The van der Waals surface area contributed by atoms with Crippen molar-refractivity contribution >= 4 is 23.6 Å². The lowest BCUT2D eigenvalue weighted by Crippen LogP contribution is -2.34. The van der Waals surface area contributed by atoms with Gasteiger partial charge in [0.1, 0.15) is 5.82 Å². The monoisotopic (exact) mass is 329 g/mol. The van der Waals surface area contributed by atoms with Gasteiger partial charge >= 0.3 is 12.1 Å². The average molecular weight is 329 g/mol. The van der Waals surface area contributed by atoms with E-state index in [1.165, 1.54) is 4.90 Å². The van der Waals surface area contributed by atoms with Crippen LogP contribution in [0, 0.1) is 6.92 Å². The van der Waals surface area contributed by atoms with Crippen LogP contribution in [0.5, 0.6) is 0 Å². The Labute approximate surface area is 139 Å². The van der Waals surface area contributed by atoms with Gasteiger partial charge in [0, 0.05) is 31.9 Å². The molecule has 0 saturated carbocycles. The fourth-order valence-corrected chi connectivity index (χ4v) is 2.80. The van der Waals surface area contributed by atoms with Gasteiger partial charge in [0.25, 0.3) is 0 Å². The predicted octanol–water partition coefficient (Wildman–Crippen LogP) is 2.41. The average Bonchev–Trinajstić information content (AvgIpc) is 2.84. The second-order valence-electron chi connectivity index (χ2n) is 5.81. The van der Waals surface area contributed by atoms with Gasteiger partial charge in [-0.2, -0.15) is 5.10 Å². The summed E-state index contributed by atoms with van der Waals surface area (Å²) in [6.07, 6.45) is -0.270. The first kappa shape index (κ1) is 15.9. The first-order chi connectivity index (χ1) is 11.4. The third-order valence-electron chi connectivity index (χ3n) is 3.99. The molecule has 0 spiro atoms. The van der Waals surface area contributed by atoms with Crippen LogP contribution in [-0.2, 0) is 20.0 Å². The lowest BCUT2D eigenvalue weighted by Gasteiger charge is -2.26. The fourth-order valence-electron chi connectivity index (χ4n) is 2.80. The number of carbonyl (C=O) groups excluding carboxylic acids is 1. The van der Waals surface area contributed by atoms with Crippen molar-refractivity contribution < 1.29 is 14.7 Å². The van der Waals surface area contributed by atoms with Gasteiger partial charge in [-0.3, -0.25) is 10.00 Å². The summed E-state index contributed by atoms with van der Waals surface area (Å²) in [5.41, 5.74) is 3.53. The van der Waals surface area contributed by atoms with Crippen LogP contribution < -0.4 is 10.6 Å². The minimum Gasteiger partial charge on any atom is -0.465 e. The molecule has 0 unspecified atom stereocenters. The Bertz CT molecular complexity index is 799. The smallest absolute Gasteiger partial charge is 0.407 e. The maximum Gasteiger partial charge on any atom is 0.407 e. The number of aromatic nitrogens is 2. The minimum absolute atomic E-state index is 0.346. The number of aryl methyl sites for hydroxylation is 2. The second kappa shape index (κ2) is 6.23. The second-order valence-corrected chi connectivity index (χ2v) is 5.81. The van der Waals surface area contributed by atoms with Crippen molar-refractivity contribution in [1.29, 1.82) is 0 Å². The highest BCUT2D eigenvalue weighted by Gasteiger charge is 2.20. The van der Waals surface area contributed by atoms with Gasteiger partial charge in [-0.1, -0.05) is 6.07 Å². The molecule has 0 bridgehead atoms. The molecule has 24 heavy (non-hydrogen) atoms. The Balaban J connectivity index is 1.67. The van der Waals surface area contributed by atoms with Crippen LogP contribution in [0.1, 0.15) is 16.8 Å². The summed E-state index contributed by atoms with van der Waals surface area (Å²) in [4.78, 5) is 24.5. The first-order valence-corrected chi connectivity index (χ1v) is 7.60. The van der Waals surface area contributed by atoms with Crippen molar-refractivity contribution in [3.8, 4) is 0 Å². The Morgan fingerprint density at radius 1 is 1.21 bits per heavy atom. The van der Waals surface area contributed by atoms with E-state index in [2.05, 4.69) is 15.7 Å². The fraction of sp³-hybridized carbons (Fsp3) is 0.312. The standard InChI is InChI=1S/C16H19N5O3/c1-10-7-14(20(2)19-10)18-15(22)17-13-4-3-12-9-21(16(23)24)6-5-11(12)8-13/h3-4,7-8H,5-6,9H2,1-2H3,(H,23,24)(H2,17,18,22). The van der Waals surface area contributed by atoms with Crippen LogP contribution in [0.3, 0.4) is 0 Å². The Morgan fingerprint density at radius 2 is 2.00 bits per heavy atom. The number of benzene rings is 1. The number of nitrogens with one attached hydrogen (secondary N) is 2. The van der Waals surface area contributed by atoms with E-state index in [0.29, 0.717) is 31.0 Å². The molecule has 0 atom stereocenters. The van der Waals surface area contributed by atoms with E-state index in [9.17, 15) is 9.59 Å². The van der Waals surface area contributed by atoms with Gasteiger partial charge in [-0.25, -0.2) is 9.59 Å². The summed E-state index contributed by atoms with van der Waals surface area (Å²) in [7, 11) is 1.76. The molecule has 126 valence electrons. The predicted molar refractivity (Wildman–Crippen MR) is 89.2 cm³/mol. The molecule has 0 saturated heterocycles.